The van der Waals surface area contributed by atoms with Crippen LogP contribution < -0.4 is 5.32 Å². The van der Waals surface area contributed by atoms with E-state index in [4.69, 9.17) is 16.0 Å². The molecule has 1 aromatic carbocycles. The number of carbonyl (C=O) groups excluding carboxylic acids is 2. The van der Waals surface area contributed by atoms with E-state index in [9.17, 15) is 22.8 Å². The highest BCUT2D eigenvalue weighted by molar-refractivity contribution is 7.08. The van der Waals surface area contributed by atoms with E-state index in [0.29, 0.717) is 11.3 Å². The molecule has 0 fully saturated rings. The van der Waals surface area contributed by atoms with Crippen LogP contribution in [0.3, 0.4) is 0 Å². The molecular weight excluding hydrogens is 429 g/mol. The van der Waals surface area contributed by atoms with Crippen LogP contribution in [0.25, 0.3) is 0 Å². The summed E-state index contributed by atoms with van der Waals surface area (Å²) >= 11 is 6.91. The molecule has 29 heavy (non-hydrogen) atoms. The van der Waals surface area contributed by atoms with Crippen LogP contribution in [0, 0.1) is 0 Å². The van der Waals surface area contributed by atoms with Crippen LogP contribution in [-0.4, -0.2) is 23.3 Å². The lowest BCUT2D eigenvalue weighted by atomic mass is 10.2. The van der Waals surface area contributed by atoms with Gasteiger partial charge in [-0.05, 0) is 41.8 Å². The van der Waals surface area contributed by atoms with Crippen molar-refractivity contribution >= 4 is 40.4 Å². The number of nitrogens with zero attached hydrogens (tertiary/aromatic N) is 1. The van der Waals surface area contributed by atoms with E-state index in [1.807, 2.05) is 0 Å². The monoisotopic (exact) mass is 442 g/mol. The molecule has 0 aliphatic heterocycles. The van der Waals surface area contributed by atoms with E-state index in [2.05, 4.69) is 5.32 Å². The van der Waals surface area contributed by atoms with Gasteiger partial charge in [0.2, 0.25) is 5.91 Å². The molecule has 0 radical (unpaired) electrons. The van der Waals surface area contributed by atoms with Crippen LogP contribution in [-0.2, 0) is 17.5 Å². The quantitative estimate of drug-likeness (QED) is 0.564. The van der Waals surface area contributed by atoms with Crippen molar-refractivity contribution in [1.82, 2.24) is 4.90 Å². The number of carbonyl (C=O) groups is 2. The lowest BCUT2D eigenvalue weighted by Crippen LogP contribution is -2.37. The fourth-order valence-electron chi connectivity index (χ4n) is 2.55. The smallest absolute Gasteiger partial charge is 0.417 e. The first-order chi connectivity index (χ1) is 13.7. The molecule has 0 atom stereocenters. The van der Waals surface area contributed by atoms with Gasteiger partial charge in [0.15, 0.2) is 0 Å². The number of halogens is 4. The number of hydrogen-bond donors (Lipinski definition) is 1. The van der Waals surface area contributed by atoms with Gasteiger partial charge in [0.05, 0.1) is 29.0 Å². The third-order valence-corrected chi connectivity index (χ3v) is 4.88. The molecule has 3 rings (SSSR count). The average molecular weight is 443 g/mol. The van der Waals surface area contributed by atoms with Crippen molar-refractivity contribution in [3.63, 3.8) is 0 Å². The molecule has 0 aliphatic rings. The Morgan fingerprint density at radius 2 is 2.00 bits per heavy atom. The van der Waals surface area contributed by atoms with E-state index >= 15 is 0 Å². The van der Waals surface area contributed by atoms with Crippen LogP contribution in [0.1, 0.15) is 21.7 Å². The zero-order valence-corrected chi connectivity index (χ0v) is 16.3. The second-order valence-corrected chi connectivity index (χ2v) is 7.18. The molecule has 0 saturated heterocycles. The van der Waals surface area contributed by atoms with Gasteiger partial charge in [0, 0.05) is 11.1 Å². The molecular formula is C19H14ClF3N2O3S. The molecule has 0 aliphatic carbocycles. The largest absolute Gasteiger partial charge is 0.467 e. The van der Waals surface area contributed by atoms with Crippen LogP contribution >= 0.6 is 22.9 Å². The van der Waals surface area contributed by atoms with E-state index < -0.39 is 28.6 Å². The van der Waals surface area contributed by atoms with Crippen molar-refractivity contribution in [2.45, 2.75) is 12.7 Å². The summed E-state index contributed by atoms with van der Waals surface area (Å²) in [6, 6.07) is 7.98. The second kappa shape index (κ2) is 8.71. The van der Waals surface area contributed by atoms with Gasteiger partial charge in [-0.15, -0.1) is 0 Å². The maximum Gasteiger partial charge on any atom is 0.417 e. The molecule has 0 spiro atoms. The molecule has 0 bridgehead atoms. The summed E-state index contributed by atoms with van der Waals surface area (Å²) in [7, 11) is 0. The Morgan fingerprint density at radius 1 is 1.21 bits per heavy atom. The number of hydrogen-bond acceptors (Lipinski definition) is 4. The van der Waals surface area contributed by atoms with E-state index in [-0.39, 0.29) is 18.8 Å². The molecule has 10 heteroatoms. The van der Waals surface area contributed by atoms with Crippen molar-refractivity contribution in [3.8, 4) is 0 Å². The highest BCUT2D eigenvalue weighted by atomic mass is 35.5. The highest BCUT2D eigenvalue weighted by Crippen LogP contribution is 2.36. The van der Waals surface area contributed by atoms with Crippen LogP contribution in [0.4, 0.5) is 18.9 Å². The lowest BCUT2D eigenvalue weighted by Gasteiger charge is -2.21. The van der Waals surface area contributed by atoms with Gasteiger partial charge in [0.25, 0.3) is 5.91 Å². The Morgan fingerprint density at radius 3 is 2.62 bits per heavy atom. The summed E-state index contributed by atoms with van der Waals surface area (Å²) < 4.78 is 44.2. The first-order valence-electron chi connectivity index (χ1n) is 8.24. The predicted molar refractivity (Wildman–Crippen MR) is 103 cm³/mol. The Labute approximate surface area is 172 Å². The number of anilines is 1. The number of amides is 2. The number of furan rings is 1. The summed E-state index contributed by atoms with van der Waals surface area (Å²) in [6.07, 6.45) is -3.22. The third-order valence-electron chi connectivity index (χ3n) is 3.87. The van der Waals surface area contributed by atoms with Gasteiger partial charge >= 0.3 is 6.18 Å². The predicted octanol–water partition coefficient (Wildman–Crippen LogP) is 5.29. The van der Waals surface area contributed by atoms with Crippen LogP contribution in [0.2, 0.25) is 5.02 Å². The standard InChI is InChI=1S/C19H14ClF3N2O3S/c20-16-4-3-13(8-15(16)19(21,22)23)24-17(26)10-25(9-14-2-1-6-28-14)18(27)12-5-7-29-11-12/h1-8,11H,9-10H2,(H,24,26). The molecule has 0 unspecified atom stereocenters. The minimum Gasteiger partial charge on any atom is -0.467 e. The number of thiophene rings is 1. The molecule has 1 N–H and O–H groups in total. The van der Waals surface area contributed by atoms with E-state index in [1.165, 1.54) is 28.6 Å². The van der Waals surface area contributed by atoms with E-state index in [1.54, 1.807) is 29.0 Å². The number of rotatable bonds is 6. The fraction of sp³-hybridized carbons (Fsp3) is 0.158. The summed E-state index contributed by atoms with van der Waals surface area (Å²) in [4.78, 5) is 26.4. The number of benzene rings is 1. The topological polar surface area (TPSA) is 62.6 Å². The first-order valence-corrected chi connectivity index (χ1v) is 9.56. The van der Waals surface area contributed by atoms with E-state index in [0.717, 1.165) is 12.1 Å². The lowest BCUT2D eigenvalue weighted by molar-refractivity contribution is -0.137. The minimum absolute atomic E-state index is 0.0313. The Bertz CT molecular complexity index is 989. The number of alkyl halides is 3. The zero-order valence-electron chi connectivity index (χ0n) is 14.7. The normalized spacial score (nSPS) is 11.3. The van der Waals surface area contributed by atoms with Gasteiger partial charge in [-0.2, -0.15) is 24.5 Å². The maximum absolute atomic E-state index is 13.0. The summed E-state index contributed by atoms with van der Waals surface area (Å²) in [6.45, 7) is -0.344. The molecule has 2 aromatic heterocycles. The van der Waals surface area contributed by atoms with Crippen LogP contribution in [0.15, 0.2) is 57.8 Å². The minimum atomic E-state index is -4.65. The van der Waals surface area contributed by atoms with Crippen molar-refractivity contribution in [2.24, 2.45) is 0 Å². The molecule has 152 valence electrons. The van der Waals surface area contributed by atoms with Gasteiger partial charge < -0.3 is 14.6 Å². The summed E-state index contributed by atoms with van der Waals surface area (Å²) in [5.41, 5.74) is -0.730. The van der Waals surface area contributed by atoms with Gasteiger partial charge in [-0.1, -0.05) is 11.6 Å². The third kappa shape index (κ3) is 5.39. The first kappa shape index (κ1) is 20.9. The zero-order chi connectivity index (χ0) is 21.0. The second-order valence-electron chi connectivity index (χ2n) is 5.99. The Balaban J connectivity index is 1.75. The van der Waals surface area contributed by atoms with Crippen molar-refractivity contribution in [1.29, 1.82) is 0 Å². The summed E-state index contributed by atoms with van der Waals surface area (Å²) in [5.74, 6) is -0.590. The average Bonchev–Trinajstić information content (AvgIpc) is 3.35. The molecule has 2 amide bonds. The van der Waals surface area contributed by atoms with Crippen molar-refractivity contribution < 1.29 is 27.2 Å². The van der Waals surface area contributed by atoms with Crippen molar-refractivity contribution in [3.05, 3.63) is 75.3 Å². The Hall–Kier alpha value is -2.78. The van der Waals surface area contributed by atoms with Gasteiger partial charge in [0.1, 0.15) is 12.3 Å². The molecule has 2 heterocycles. The Kier molecular flexibility index (Phi) is 6.29. The summed E-state index contributed by atoms with van der Waals surface area (Å²) in [5, 5.41) is 5.27. The van der Waals surface area contributed by atoms with Gasteiger partial charge in [-0.25, -0.2) is 0 Å². The molecule has 3 aromatic rings. The highest BCUT2D eigenvalue weighted by Gasteiger charge is 2.33. The fourth-order valence-corrected chi connectivity index (χ4v) is 3.41. The molecule has 5 nitrogen and oxygen atoms in total. The molecule has 0 saturated carbocycles. The van der Waals surface area contributed by atoms with Crippen molar-refractivity contribution in [2.75, 3.05) is 11.9 Å². The SMILES string of the molecule is O=C(CN(Cc1ccco1)C(=O)c1ccsc1)Nc1ccc(Cl)c(C(F)(F)F)c1. The number of nitrogens with one attached hydrogen (secondary N) is 1. The van der Waals surface area contributed by atoms with Gasteiger partial charge in [-0.3, -0.25) is 9.59 Å². The van der Waals surface area contributed by atoms with Crippen LogP contribution in [0.5, 0.6) is 0 Å². The maximum atomic E-state index is 13.0.